The Labute approximate surface area is 247 Å². The van der Waals surface area contributed by atoms with Gasteiger partial charge in [-0.2, -0.15) is 0 Å². The summed E-state index contributed by atoms with van der Waals surface area (Å²) >= 11 is 0. The number of hydrogen-bond acceptors (Lipinski definition) is 8. The van der Waals surface area contributed by atoms with Crippen molar-refractivity contribution < 1.29 is 13.5 Å². The Kier molecular flexibility index (Phi) is 7.69. The van der Waals surface area contributed by atoms with Crippen LogP contribution < -0.4 is 5.32 Å². The van der Waals surface area contributed by atoms with Crippen LogP contribution in [0.3, 0.4) is 0 Å². The molecule has 4 fully saturated rings. The summed E-state index contributed by atoms with van der Waals surface area (Å²) in [5.41, 5.74) is 3.77. The summed E-state index contributed by atoms with van der Waals surface area (Å²) in [6.45, 7) is 8.02. The van der Waals surface area contributed by atoms with Crippen LogP contribution in [-0.2, 0) is 16.4 Å². The van der Waals surface area contributed by atoms with Gasteiger partial charge in [-0.1, -0.05) is 19.9 Å². The number of aliphatic hydroxyl groups is 1. The number of pyridine rings is 1. The molecule has 11 nitrogen and oxygen atoms in total. The van der Waals surface area contributed by atoms with Crippen molar-refractivity contribution in [3.8, 4) is 0 Å². The van der Waals surface area contributed by atoms with Crippen molar-refractivity contribution in [2.75, 3.05) is 12.8 Å². The zero-order chi connectivity index (χ0) is 29.6. The Morgan fingerprint density at radius 3 is 2.60 bits per heavy atom. The van der Waals surface area contributed by atoms with Crippen LogP contribution in [0.15, 0.2) is 56.8 Å². The van der Waals surface area contributed by atoms with Gasteiger partial charge in [0.25, 0.3) is 0 Å². The number of aromatic nitrogens is 3. The number of hydrogen-bond donors (Lipinski definition) is 2. The summed E-state index contributed by atoms with van der Waals surface area (Å²) in [5.74, 6) is 2.95. The van der Waals surface area contributed by atoms with E-state index in [1.807, 2.05) is 11.8 Å². The van der Waals surface area contributed by atoms with Crippen LogP contribution in [0.25, 0.3) is 0 Å². The number of aliphatic hydroxyl groups excluding tert-OH is 1. The van der Waals surface area contributed by atoms with Crippen molar-refractivity contribution in [2.24, 2.45) is 26.8 Å². The lowest BCUT2D eigenvalue weighted by Crippen LogP contribution is -2.61. The highest BCUT2D eigenvalue weighted by Gasteiger charge is 2.48. The van der Waals surface area contributed by atoms with E-state index in [9.17, 15) is 13.5 Å². The third-order valence-corrected chi connectivity index (χ3v) is 10.7. The van der Waals surface area contributed by atoms with Crippen molar-refractivity contribution in [1.29, 1.82) is 0 Å². The molecule has 4 aliphatic rings. The first-order chi connectivity index (χ1) is 20.2. The third-order valence-electron chi connectivity index (χ3n) is 8.99. The summed E-state index contributed by atoms with van der Waals surface area (Å²) in [6, 6.07) is 3.31. The molecule has 0 radical (unpaired) electrons. The molecule has 2 bridgehead atoms. The van der Waals surface area contributed by atoms with E-state index in [0.29, 0.717) is 46.7 Å². The van der Waals surface area contributed by atoms with E-state index < -0.39 is 16.1 Å². The lowest BCUT2D eigenvalue weighted by molar-refractivity contribution is 0.0559. The number of sulfone groups is 1. The number of amidine groups is 3. The van der Waals surface area contributed by atoms with Gasteiger partial charge in [-0.25, -0.2) is 23.4 Å². The van der Waals surface area contributed by atoms with Gasteiger partial charge in [-0.05, 0) is 63.0 Å². The van der Waals surface area contributed by atoms with Crippen LogP contribution in [0.2, 0.25) is 0 Å². The molecule has 1 aliphatic heterocycles. The zero-order valence-electron chi connectivity index (χ0n) is 24.4. The summed E-state index contributed by atoms with van der Waals surface area (Å²) in [4.78, 5) is 29.8. The number of nitrogens with zero attached hydrogens (tertiary/aromatic N) is 7. The number of fused-ring (bicyclic) bond motifs is 2. The lowest BCUT2D eigenvalue weighted by atomic mass is 9.92. The van der Waals surface area contributed by atoms with Gasteiger partial charge < -0.3 is 15.3 Å². The van der Waals surface area contributed by atoms with Gasteiger partial charge in [0.15, 0.2) is 33.6 Å². The van der Waals surface area contributed by atoms with Gasteiger partial charge in [-0.3, -0.25) is 15.0 Å². The van der Waals surface area contributed by atoms with Gasteiger partial charge in [0.05, 0.1) is 45.5 Å². The van der Waals surface area contributed by atoms with Gasteiger partial charge in [-0.15, -0.1) is 0 Å². The fourth-order valence-corrected chi connectivity index (χ4v) is 7.41. The average molecular weight is 591 g/mol. The molecule has 0 spiro atoms. The second kappa shape index (κ2) is 11.3. The van der Waals surface area contributed by atoms with Crippen LogP contribution >= 0.6 is 0 Å². The average Bonchev–Trinajstić information content (AvgIpc) is 3.62. The van der Waals surface area contributed by atoms with E-state index in [1.54, 1.807) is 32.4 Å². The molecule has 2 N–H and O–H groups in total. The minimum atomic E-state index is -3.33. The highest BCUT2D eigenvalue weighted by Crippen LogP contribution is 2.48. The van der Waals surface area contributed by atoms with E-state index >= 15 is 0 Å². The van der Waals surface area contributed by atoms with E-state index in [0.717, 1.165) is 49.1 Å². The van der Waals surface area contributed by atoms with E-state index in [1.165, 1.54) is 12.6 Å². The second-order valence-electron chi connectivity index (χ2n) is 11.7. The highest BCUT2D eigenvalue weighted by atomic mass is 32.2. The number of nitrogens with one attached hydrogen (secondary N) is 1. The van der Waals surface area contributed by atoms with Crippen LogP contribution in [0.5, 0.6) is 0 Å². The summed E-state index contributed by atoms with van der Waals surface area (Å²) in [6.07, 6.45) is 8.56. The quantitative estimate of drug-likeness (QED) is 0.370. The van der Waals surface area contributed by atoms with Gasteiger partial charge >= 0.3 is 0 Å². The van der Waals surface area contributed by atoms with Gasteiger partial charge in [0, 0.05) is 25.2 Å². The molecule has 3 aliphatic carbocycles. The maximum atomic E-state index is 12.2. The maximum Gasteiger partial charge on any atom is 0.187 e. The first-order valence-corrected chi connectivity index (χ1v) is 16.4. The molecular formula is C30H38N8O3S. The lowest BCUT2D eigenvalue weighted by Gasteiger charge is -2.44. The molecule has 2 aromatic rings. The van der Waals surface area contributed by atoms with Crippen LogP contribution in [0, 0.1) is 18.8 Å². The molecule has 42 heavy (non-hydrogen) atoms. The topological polar surface area (TPSA) is 145 Å². The summed E-state index contributed by atoms with van der Waals surface area (Å²) in [5, 5.41) is 15.0. The van der Waals surface area contributed by atoms with Crippen molar-refractivity contribution in [3.63, 3.8) is 0 Å². The molecular weight excluding hydrogens is 552 g/mol. The number of piperazine rings is 1. The molecule has 0 aromatic carbocycles. The van der Waals surface area contributed by atoms with E-state index in [-0.39, 0.29) is 23.2 Å². The molecule has 12 heteroatoms. The second-order valence-corrected chi connectivity index (χ2v) is 14.0. The first-order valence-electron chi connectivity index (χ1n) is 14.7. The molecule has 3 heterocycles. The monoisotopic (exact) mass is 590 g/mol. The zero-order valence-corrected chi connectivity index (χ0v) is 25.2. The minimum absolute atomic E-state index is 0.0144. The fourth-order valence-electron chi connectivity index (χ4n) is 6.59. The standard InChI is InChI=1S/C30H38N8O3S/c1-5-42(40,41)23-11-10-22(32-15-23)14-33-28-30(39)38(24-13-19-6-7-21(24)12-19)29(18(3)36-28)37-27(31-4)25-17(2)34-16-35-26(25)20-8-9-20/h10-11,15-16,19-21,24,30,39H,3,5-9,12-14H2,1-2,4H3,(H,33,36)/t19-,21+,24+,30?/m0/s1. The molecule has 1 saturated heterocycles. The van der Waals surface area contributed by atoms with Crippen molar-refractivity contribution in [2.45, 2.75) is 82.0 Å². The van der Waals surface area contributed by atoms with E-state index in [4.69, 9.17) is 4.99 Å². The molecule has 2 aromatic heterocycles. The molecule has 3 saturated carbocycles. The maximum absolute atomic E-state index is 12.2. The van der Waals surface area contributed by atoms with Crippen molar-refractivity contribution in [1.82, 2.24) is 25.2 Å². The predicted molar refractivity (Wildman–Crippen MR) is 161 cm³/mol. The third kappa shape index (κ3) is 5.37. The Morgan fingerprint density at radius 1 is 1.17 bits per heavy atom. The number of aryl methyl sites for hydroxylation is 1. The van der Waals surface area contributed by atoms with E-state index in [2.05, 4.69) is 36.8 Å². The largest absolute Gasteiger partial charge is 0.367 e. The summed E-state index contributed by atoms with van der Waals surface area (Å²) in [7, 11) is -1.61. The van der Waals surface area contributed by atoms with Gasteiger partial charge in [0.2, 0.25) is 0 Å². The smallest absolute Gasteiger partial charge is 0.187 e. The van der Waals surface area contributed by atoms with Crippen LogP contribution in [0.1, 0.15) is 74.0 Å². The molecule has 222 valence electrons. The van der Waals surface area contributed by atoms with Crippen molar-refractivity contribution >= 4 is 27.3 Å². The Hall–Kier alpha value is -3.51. The SMILES string of the molecule is C=C1NC(=NCc2ccc(S(=O)(=O)CC)cn2)C(O)N([C@@H]2C[C@H]3CC[C@@H]2C3)C1=NC(=NC)c1c(C)ncnc1C1CC1. The van der Waals surface area contributed by atoms with Crippen molar-refractivity contribution in [3.05, 3.63) is 59.6 Å². The molecule has 4 atom stereocenters. The fraction of sp³-hybridized carbons (Fsp3) is 0.533. The number of aliphatic imine (C=N–C) groups is 3. The highest BCUT2D eigenvalue weighted by molar-refractivity contribution is 7.91. The minimum Gasteiger partial charge on any atom is -0.367 e. The molecule has 0 amide bonds. The number of rotatable bonds is 7. The van der Waals surface area contributed by atoms with Crippen LogP contribution in [-0.4, -0.2) is 76.0 Å². The Morgan fingerprint density at radius 2 is 1.98 bits per heavy atom. The first kappa shape index (κ1) is 28.6. The van der Waals surface area contributed by atoms with Gasteiger partial charge in [0.1, 0.15) is 6.33 Å². The Balaban J connectivity index is 1.33. The normalized spacial score (nSPS) is 28.1. The molecule has 1 unspecified atom stereocenters. The predicted octanol–water partition coefficient (Wildman–Crippen LogP) is 3.15. The Bertz CT molecular complexity index is 1580. The van der Waals surface area contributed by atoms with Crippen LogP contribution in [0.4, 0.5) is 0 Å². The summed E-state index contributed by atoms with van der Waals surface area (Å²) < 4.78 is 24.3. The molecule has 6 rings (SSSR count).